The third-order valence-electron chi connectivity index (χ3n) is 5.05. The number of hydrogen-bond acceptors (Lipinski definition) is 1. The molecule has 0 bridgehead atoms. The number of nitrogens with zero attached hydrogens (tertiary/aromatic N) is 1. The zero-order valence-corrected chi connectivity index (χ0v) is 16.4. The van der Waals surface area contributed by atoms with Crippen LogP contribution in [-0.4, -0.2) is 23.4 Å². The maximum absolute atomic E-state index is 13.0. The SMILES string of the molecule is CCCC1CCCCC1N(CCC)C(=O)Cc1ccc(Cl)c(Cl)c1. The second-order valence-electron chi connectivity index (χ2n) is 6.91. The van der Waals surface area contributed by atoms with E-state index in [2.05, 4.69) is 18.7 Å². The molecule has 134 valence electrons. The average Bonchev–Trinajstić information content (AvgIpc) is 2.57. The fourth-order valence-corrected chi connectivity index (χ4v) is 4.27. The van der Waals surface area contributed by atoms with Crippen molar-refractivity contribution >= 4 is 29.1 Å². The summed E-state index contributed by atoms with van der Waals surface area (Å²) in [5.41, 5.74) is 0.943. The molecular weight excluding hydrogens is 341 g/mol. The monoisotopic (exact) mass is 369 g/mol. The second-order valence-corrected chi connectivity index (χ2v) is 7.73. The lowest BCUT2D eigenvalue weighted by Gasteiger charge is -2.40. The lowest BCUT2D eigenvalue weighted by Crippen LogP contribution is -2.47. The predicted octanol–water partition coefficient (Wildman–Crippen LogP) is 6.13. The highest BCUT2D eigenvalue weighted by atomic mass is 35.5. The quantitative estimate of drug-likeness (QED) is 0.565. The first-order valence-electron chi connectivity index (χ1n) is 9.30. The van der Waals surface area contributed by atoms with Crippen LogP contribution in [0.2, 0.25) is 10.0 Å². The summed E-state index contributed by atoms with van der Waals surface area (Å²) in [6.45, 7) is 5.25. The molecule has 1 amide bonds. The Morgan fingerprint density at radius 1 is 1.12 bits per heavy atom. The number of amides is 1. The number of carbonyl (C=O) groups excluding carboxylic acids is 1. The Kier molecular flexibility index (Phi) is 7.90. The normalized spacial score (nSPS) is 20.8. The van der Waals surface area contributed by atoms with Crippen molar-refractivity contribution in [3.63, 3.8) is 0 Å². The molecule has 2 rings (SSSR count). The van der Waals surface area contributed by atoms with Crippen molar-refractivity contribution < 1.29 is 4.79 Å². The van der Waals surface area contributed by atoms with Gasteiger partial charge in [-0.15, -0.1) is 0 Å². The van der Waals surface area contributed by atoms with Crippen LogP contribution in [0.1, 0.15) is 64.4 Å². The minimum absolute atomic E-state index is 0.225. The summed E-state index contributed by atoms with van der Waals surface area (Å²) < 4.78 is 0. The standard InChI is InChI=1S/C20H29Cl2NO/c1-3-7-16-8-5-6-9-19(16)23(12-4-2)20(24)14-15-10-11-17(21)18(22)13-15/h10-11,13,16,19H,3-9,12,14H2,1-2H3. The molecule has 0 aromatic heterocycles. The Hall–Kier alpha value is -0.730. The third kappa shape index (κ3) is 5.13. The van der Waals surface area contributed by atoms with E-state index in [0.717, 1.165) is 24.9 Å². The van der Waals surface area contributed by atoms with Crippen molar-refractivity contribution in [3.8, 4) is 0 Å². The van der Waals surface area contributed by atoms with Crippen LogP contribution in [0.15, 0.2) is 18.2 Å². The predicted molar refractivity (Wildman–Crippen MR) is 103 cm³/mol. The molecule has 0 N–H and O–H groups in total. The second kappa shape index (κ2) is 9.68. The van der Waals surface area contributed by atoms with Gasteiger partial charge in [-0.3, -0.25) is 4.79 Å². The zero-order valence-electron chi connectivity index (χ0n) is 14.9. The molecule has 0 radical (unpaired) electrons. The Balaban J connectivity index is 2.12. The van der Waals surface area contributed by atoms with Gasteiger partial charge in [-0.1, -0.05) is 62.4 Å². The number of carbonyl (C=O) groups is 1. The van der Waals surface area contributed by atoms with Gasteiger partial charge < -0.3 is 4.90 Å². The van der Waals surface area contributed by atoms with Crippen molar-refractivity contribution in [3.05, 3.63) is 33.8 Å². The number of benzene rings is 1. The summed E-state index contributed by atoms with van der Waals surface area (Å²) in [6, 6.07) is 5.91. The highest BCUT2D eigenvalue weighted by molar-refractivity contribution is 6.42. The van der Waals surface area contributed by atoms with E-state index in [4.69, 9.17) is 23.2 Å². The van der Waals surface area contributed by atoms with E-state index in [1.165, 1.54) is 32.1 Å². The van der Waals surface area contributed by atoms with E-state index in [0.29, 0.717) is 28.4 Å². The van der Waals surface area contributed by atoms with E-state index >= 15 is 0 Å². The van der Waals surface area contributed by atoms with Crippen LogP contribution in [0.4, 0.5) is 0 Å². The molecule has 2 atom stereocenters. The molecule has 2 nitrogen and oxygen atoms in total. The van der Waals surface area contributed by atoms with Gasteiger partial charge in [0.15, 0.2) is 0 Å². The van der Waals surface area contributed by atoms with Gasteiger partial charge in [0.05, 0.1) is 16.5 Å². The summed E-state index contributed by atoms with van der Waals surface area (Å²) in [6.07, 6.45) is 8.80. The lowest BCUT2D eigenvalue weighted by molar-refractivity contribution is -0.135. The van der Waals surface area contributed by atoms with Crippen LogP contribution >= 0.6 is 23.2 Å². The number of rotatable bonds is 7. The fourth-order valence-electron chi connectivity index (χ4n) is 3.95. The van der Waals surface area contributed by atoms with Crippen LogP contribution in [0.25, 0.3) is 0 Å². The molecule has 1 aromatic carbocycles. The molecule has 0 aliphatic heterocycles. The summed E-state index contributed by atoms with van der Waals surface area (Å²) in [4.78, 5) is 15.2. The third-order valence-corrected chi connectivity index (χ3v) is 5.79. The highest BCUT2D eigenvalue weighted by Crippen LogP contribution is 2.32. The maximum Gasteiger partial charge on any atom is 0.227 e. The Bertz CT molecular complexity index is 544. The van der Waals surface area contributed by atoms with Gasteiger partial charge in [-0.25, -0.2) is 0 Å². The van der Waals surface area contributed by atoms with E-state index in [1.807, 2.05) is 12.1 Å². The van der Waals surface area contributed by atoms with E-state index in [9.17, 15) is 4.79 Å². The van der Waals surface area contributed by atoms with Crippen molar-refractivity contribution in [2.45, 2.75) is 71.3 Å². The highest BCUT2D eigenvalue weighted by Gasteiger charge is 2.31. The van der Waals surface area contributed by atoms with E-state index in [1.54, 1.807) is 6.07 Å². The van der Waals surface area contributed by atoms with Crippen LogP contribution in [0.3, 0.4) is 0 Å². The Labute approximate surface area is 156 Å². The molecule has 1 fully saturated rings. The van der Waals surface area contributed by atoms with E-state index < -0.39 is 0 Å². The first kappa shape index (κ1) is 19.6. The van der Waals surface area contributed by atoms with Gasteiger partial charge in [-0.05, 0) is 49.3 Å². The van der Waals surface area contributed by atoms with Crippen molar-refractivity contribution in [2.24, 2.45) is 5.92 Å². The minimum atomic E-state index is 0.225. The van der Waals surface area contributed by atoms with Crippen molar-refractivity contribution in [1.82, 2.24) is 4.90 Å². The Morgan fingerprint density at radius 2 is 1.88 bits per heavy atom. The van der Waals surface area contributed by atoms with Gasteiger partial charge in [0.2, 0.25) is 5.91 Å². The van der Waals surface area contributed by atoms with Gasteiger partial charge in [0.1, 0.15) is 0 Å². The van der Waals surface area contributed by atoms with Crippen molar-refractivity contribution in [1.29, 1.82) is 0 Å². The molecule has 0 saturated heterocycles. The average molecular weight is 370 g/mol. The van der Waals surface area contributed by atoms with Crippen LogP contribution in [0, 0.1) is 5.92 Å². The number of halogens is 2. The fraction of sp³-hybridized carbons (Fsp3) is 0.650. The van der Waals surface area contributed by atoms with Gasteiger partial charge >= 0.3 is 0 Å². The van der Waals surface area contributed by atoms with Crippen LogP contribution < -0.4 is 0 Å². The van der Waals surface area contributed by atoms with Gasteiger partial charge in [-0.2, -0.15) is 0 Å². The molecule has 2 unspecified atom stereocenters. The molecule has 24 heavy (non-hydrogen) atoms. The minimum Gasteiger partial charge on any atom is -0.339 e. The molecule has 1 aromatic rings. The van der Waals surface area contributed by atoms with Crippen molar-refractivity contribution in [2.75, 3.05) is 6.54 Å². The lowest BCUT2D eigenvalue weighted by atomic mass is 9.80. The first-order valence-corrected chi connectivity index (χ1v) is 10.1. The zero-order chi connectivity index (χ0) is 17.5. The van der Waals surface area contributed by atoms with E-state index in [-0.39, 0.29) is 5.91 Å². The molecule has 1 aliphatic carbocycles. The molecule has 1 saturated carbocycles. The summed E-state index contributed by atoms with van der Waals surface area (Å²) in [5.74, 6) is 0.885. The smallest absolute Gasteiger partial charge is 0.227 e. The molecule has 1 aliphatic rings. The van der Waals surface area contributed by atoms with Crippen LogP contribution in [0.5, 0.6) is 0 Å². The Morgan fingerprint density at radius 3 is 2.54 bits per heavy atom. The molecular formula is C20H29Cl2NO. The number of hydrogen-bond donors (Lipinski definition) is 0. The summed E-state index contributed by atoms with van der Waals surface area (Å²) in [5, 5.41) is 1.05. The largest absolute Gasteiger partial charge is 0.339 e. The molecule has 0 heterocycles. The maximum atomic E-state index is 13.0. The van der Waals surface area contributed by atoms with Gasteiger partial charge in [0, 0.05) is 12.6 Å². The summed E-state index contributed by atoms with van der Waals surface area (Å²) in [7, 11) is 0. The first-order chi connectivity index (χ1) is 11.6. The molecule has 0 spiro atoms. The summed E-state index contributed by atoms with van der Waals surface area (Å²) >= 11 is 12.1. The van der Waals surface area contributed by atoms with Crippen LogP contribution in [-0.2, 0) is 11.2 Å². The molecule has 4 heteroatoms. The van der Waals surface area contributed by atoms with Gasteiger partial charge in [0.25, 0.3) is 0 Å². The topological polar surface area (TPSA) is 20.3 Å².